The average Bonchev–Trinajstić information content (AvgIpc) is 2.96. The van der Waals surface area contributed by atoms with E-state index >= 15 is 0 Å². The molecule has 0 saturated carbocycles. The van der Waals surface area contributed by atoms with Gasteiger partial charge in [0.1, 0.15) is 0 Å². The summed E-state index contributed by atoms with van der Waals surface area (Å²) in [5.41, 5.74) is 2.45. The van der Waals surface area contributed by atoms with Crippen LogP contribution in [0.15, 0.2) is 35.3 Å². The third-order valence-electron chi connectivity index (χ3n) is 4.18. The van der Waals surface area contributed by atoms with Crippen LogP contribution in [0, 0.1) is 5.41 Å². The average molecular weight is 273 g/mol. The summed E-state index contributed by atoms with van der Waals surface area (Å²) in [6, 6.07) is 10.6. The molecule has 20 heavy (non-hydrogen) atoms. The first-order valence-corrected chi connectivity index (χ1v) is 7.22. The van der Waals surface area contributed by atoms with E-state index in [1.165, 1.54) is 18.4 Å². The van der Waals surface area contributed by atoms with Gasteiger partial charge in [0.15, 0.2) is 0 Å². The van der Waals surface area contributed by atoms with Gasteiger partial charge in [-0.1, -0.05) is 44.2 Å². The second-order valence-corrected chi connectivity index (χ2v) is 6.06. The van der Waals surface area contributed by atoms with Gasteiger partial charge in [-0.3, -0.25) is 9.79 Å². The van der Waals surface area contributed by atoms with E-state index in [4.69, 9.17) is 9.73 Å². The highest BCUT2D eigenvalue weighted by Gasteiger charge is 2.33. The van der Waals surface area contributed by atoms with Crippen LogP contribution in [0.25, 0.3) is 0 Å². The smallest absolute Gasteiger partial charge is 0.305 e. The molecule has 1 unspecified atom stereocenters. The molecule has 0 N–H and O–H groups in total. The molecule has 3 heteroatoms. The molecule has 108 valence electrons. The first-order chi connectivity index (χ1) is 9.53. The number of hydrogen-bond acceptors (Lipinski definition) is 3. The second-order valence-electron chi connectivity index (χ2n) is 6.06. The number of hydrogen-bond donors (Lipinski definition) is 0. The lowest BCUT2D eigenvalue weighted by molar-refractivity contribution is -0.141. The van der Waals surface area contributed by atoms with Gasteiger partial charge in [0.05, 0.1) is 13.2 Å². The third kappa shape index (κ3) is 3.47. The van der Waals surface area contributed by atoms with Crippen molar-refractivity contribution >= 4 is 11.7 Å². The lowest BCUT2D eigenvalue weighted by Crippen LogP contribution is -2.27. The molecule has 0 aromatic heterocycles. The zero-order valence-corrected chi connectivity index (χ0v) is 12.6. The second kappa shape index (κ2) is 6.21. The van der Waals surface area contributed by atoms with Gasteiger partial charge in [0.2, 0.25) is 0 Å². The van der Waals surface area contributed by atoms with Crippen LogP contribution in [0.5, 0.6) is 0 Å². The Hall–Kier alpha value is -1.64. The standard InChI is InChI=1S/C17H23NO2/c1-17(2,12-11-16(19)20-3)15-10-9-14(18-15)13-7-5-4-6-8-13/h4-8,15H,9-12H2,1-3H3. The van der Waals surface area contributed by atoms with E-state index in [2.05, 4.69) is 26.0 Å². The number of aliphatic imine (C=N–C) groups is 1. The van der Waals surface area contributed by atoms with Crippen molar-refractivity contribution in [2.45, 2.75) is 45.6 Å². The molecule has 3 nitrogen and oxygen atoms in total. The van der Waals surface area contributed by atoms with Gasteiger partial charge >= 0.3 is 5.97 Å². The van der Waals surface area contributed by atoms with E-state index in [0.29, 0.717) is 12.5 Å². The predicted molar refractivity (Wildman–Crippen MR) is 81.0 cm³/mol. The summed E-state index contributed by atoms with van der Waals surface area (Å²) >= 11 is 0. The summed E-state index contributed by atoms with van der Waals surface area (Å²) in [6.07, 6.45) is 3.38. The summed E-state index contributed by atoms with van der Waals surface area (Å²) in [5.74, 6) is -0.136. The van der Waals surface area contributed by atoms with Crippen LogP contribution in [-0.4, -0.2) is 24.8 Å². The molecule has 1 heterocycles. The lowest BCUT2D eigenvalue weighted by atomic mass is 9.79. The van der Waals surface area contributed by atoms with Crippen molar-refractivity contribution in [2.75, 3.05) is 7.11 Å². The minimum Gasteiger partial charge on any atom is -0.469 e. The van der Waals surface area contributed by atoms with E-state index in [9.17, 15) is 4.79 Å². The van der Waals surface area contributed by atoms with Gasteiger partial charge in [-0.25, -0.2) is 0 Å². The minimum absolute atomic E-state index is 0.0325. The van der Waals surface area contributed by atoms with Crippen LogP contribution < -0.4 is 0 Å². The first kappa shape index (κ1) is 14.8. The fraction of sp³-hybridized carbons (Fsp3) is 0.529. The van der Waals surface area contributed by atoms with Crippen molar-refractivity contribution in [3.63, 3.8) is 0 Å². The molecular weight excluding hydrogens is 250 g/mol. The molecule has 0 saturated heterocycles. The molecule has 0 fully saturated rings. The highest BCUT2D eigenvalue weighted by atomic mass is 16.5. The van der Waals surface area contributed by atoms with Crippen LogP contribution in [0.1, 0.15) is 45.1 Å². The monoisotopic (exact) mass is 273 g/mol. The van der Waals surface area contributed by atoms with Crippen LogP contribution >= 0.6 is 0 Å². The largest absolute Gasteiger partial charge is 0.469 e. The Morgan fingerprint density at radius 2 is 2.05 bits per heavy atom. The van der Waals surface area contributed by atoms with Gasteiger partial charge < -0.3 is 4.74 Å². The Bertz CT molecular complexity index is 491. The predicted octanol–water partition coefficient (Wildman–Crippen LogP) is 3.62. The number of carbonyl (C=O) groups is 1. The molecule has 0 amide bonds. The van der Waals surface area contributed by atoms with Gasteiger partial charge in [-0.15, -0.1) is 0 Å². The van der Waals surface area contributed by atoms with E-state index < -0.39 is 0 Å². The molecular formula is C17H23NO2. The van der Waals surface area contributed by atoms with Crippen molar-refractivity contribution in [3.8, 4) is 0 Å². The Kier molecular flexibility index (Phi) is 4.58. The molecule has 2 rings (SSSR count). The van der Waals surface area contributed by atoms with Crippen LogP contribution in [0.3, 0.4) is 0 Å². The number of nitrogens with zero attached hydrogens (tertiary/aromatic N) is 1. The quantitative estimate of drug-likeness (QED) is 0.769. The molecule has 1 aromatic carbocycles. The maximum absolute atomic E-state index is 11.3. The SMILES string of the molecule is COC(=O)CCC(C)(C)C1CCC(c2ccccc2)=N1. The fourth-order valence-electron chi connectivity index (χ4n) is 2.70. The molecule has 1 aliphatic rings. The molecule has 1 aromatic rings. The van der Waals surface area contributed by atoms with Crippen LogP contribution in [0.4, 0.5) is 0 Å². The summed E-state index contributed by atoms with van der Waals surface area (Å²) in [5, 5.41) is 0. The van der Waals surface area contributed by atoms with Crippen molar-refractivity contribution < 1.29 is 9.53 Å². The van der Waals surface area contributed by atoms with Crippen molar-refractivity contribution in [2.24, 2.45) is 10.4 Å². The van der Waals surface area contributed by atoms with Crippen LogP contribution in [0.2, 0.25) is 0 Å². The normalized spacial score (nSPS) is 18.8. The number of rotatable bonds is 5. The Labute approximate surface area is 121 Å². The van der Waals surface area contributed by atoms with Crippen molar-refractivity contribution in [1.82, 2.24) is 0 Å². The molecule has 1 atom stereocenters. The highest BCUT2D eigenvalue weighted by Crippen LogP contribution is 2.36. The number of ether oxygens (including phenoxy) is 1. The maximum atomic E-state index is 11.3. The van der Waals surface area contributed by atoms with Crippen LogP contribution in [-0.2, 0) is 9.53 Å². The maximum Gasteiger partial charge on any atom is 0.305 e. The van der Waals surface area contributed by atoms with Gasteiger partial charge in [-0.05, 0) is 30.2 Å². The van der Waals surface area contributed by atoms with Gasteiger partial charge in [-0.2, -0.15) is 0 Å². The number of esters is 1. The van der Waals surface area contributed by atoms with E-state index in [1.807, 2.05) is 18.2 Å². The molecule has 0 radical (unpaired) electrons. The molecule has 0 spiro atoms. The number of methoxy groups -OCH3 is 1. The Morgan fingerprint density at radius 3 is 2.70 bits per heavy atom. The summed E-state index contributed by atoms with van der Waals surface area (Å²) < 4.78 is 4.72. The zero-order valence-electron chi connectivity index (χ0n) is 12.6. The van der Waals surface area contributed by atoms with Gasteiger partial charge in [0.25, 0.3) is 0 Å². The van der Waals surface area contributed by atoms with E-state index in [1.54, 1.807) is 0 Å². The van der Waals surface area contributed by atoms with Crippen molar-refractivity contribution in [1.29, 1.82) is 0 Å². The third-order valence-corrected chi connectivity index (χ3v) is 4.18. The van der Waals surface area contributed by atoms with E-state index in [-0.39, 0.29) is 11.4 Å². The Balaban J connectivity index is 2.03. The molecule has 0 bridgehead atoms. The van der Waals surface area contributed by atoms with E-state index in [0.717, 1.165) is 19.3 Å². The Morgan fingerprint density at radius 1 is 1.35 bits per heavy atom. The van der Waals surface area contributed by atoms with Crippen molar-refractivity contribution in [3.05, 3.63) is 35.9 Å². The number of carbonyl (C=O) groups excluding carboxylic acids is 1. The molecule has 0 aliphatic carbocycles. The van der Waals surface area contributed by atoms with Gasteiger partial charge in [0, 0.05) is 12.1 Å². The lowest BCUT2D eigenvalue weighted by Gasteiger charge is -2.29. The summed E-state index contributed by atoms with van der Waals surface area (Å²) in [7, 11) is 1.44. The zero-order chi connectivity index (χ0) is 14.6. The summed E-state index contributed by atoms with van der Waals surface area (Å²) in [6.45, 7) is 4.38. The molecule has 1 aliphatic heterocycles. The highest BCUT2D eigenvalue weighted by molar-refractivity contribution is 6.01. The fourth-order valence-corrected chi connectivity index (χ4v) is 2.70. The number of benzene rings is 1. The summed E-state index contributed by atoms with van der Waals surface area (Å²) in [4.78, 5) is 16.2. The minimum atomic E-state index is -0.136. The topological polar surface area (TPSA) is 38.7 Å². The first-order valence-electron chi connectivity index (χ1n) is 7.22.